The SMILES string of the molecule is COC(=O)CCN(C)C(=O)c1ccnc(Br)c1. The van der Waals surface area contributed by atoms with E-state index in [9.17, 15) is 9.59 Å². The molecule has 0 unspecified atom stereocenters. The molecular weight excluding hydrogens is 288 g/mol. The minimum Gasteiger partial charge on any atom is -0.469 e. The van der Waals surface area contributed by atoms with E-state index >= 15 is 0 Å². The molecule has 0 fully saturated rings. The van der Waals surface area contributed by atoms with Crippen LogP contribution in [0.2, 0.25) is 0 Å². The summed E-state index contributed by atoms with van der Waals surface area (Å²) in [4.78, 5) is 28.3. The molecule has 1 heterocycles. The summed E-state index contributed by atoms with van der Waals surface area (Å²) >= 11 is 3.20. The van der Waals surface area contributed by atoms with Gasteiger partial charge in [0.25, 0.3) is 5.91 Å². The molecule has 1 amide bonds. The number of carbonyl (C=O) groups excluding carboxylic acids is 2. The number of nitrogens with zero attached hydrogens (tertiary/aromatic N) is 2. The van der Waals surface area contributed by atoms with E-state index in [1.54, 1.807) is 25.4 Å². The van der Waals surface area contributed by atoms with Crippen molar-refractivity contribution in [2.75, 3.05) is 20.7 Å². The molecule has 0 radical (unpaired) electrons. The van der Waals surface area contributed by atoms with Gasteiger partial charge in [0.15, 0.2) is 0 Å². The molecule has 0 aliphatic rings. The Kier molecular flexibility index (Phi) is 5.09. The van der Waals surface area contributed by atoms with Crippen LogP contribution in [0.15, 0.2) is 22.9 Å². The Bertz CT molecular complexity index is 423. The van der Waals surface area contributed by atoms with Crippen molar-refractivity contribution in [2.24, 2.45) is 0 Å². The summed E-state index contributed by atoms with van der Waals surface area (Å²) in [5, 5.41) is 0. The topological polar surface area (TPSA) is 59.5 Å². The average Bonchev–Trinajstić information content (AvgIpc) is 2.34. The van der Waals surface area contributed by atoms with Crippen LogP contribution in [0.3, 0.4) is 0 Å². The fourth-order valence-corrected chi connectivity index (χ4v) is 1.58. The predicted octanol–water partition coefficient (Wildman–Crippen LogP) is 1.48. The highest BCUT2D eigenvalue weighted by molar-refractivity contribution is 9.10. The number of ether oxygens (including phenoxy) is 1. The van der Waals surface area contributed by atoms with Gasteiger partial charge in [-0.05, 0) is 28.1 Å². The van der Waals surface area contributed by atoms with Crippen molar-refractivity contribution >= 4 is 27.8 Å². The zero-order valence-corrected chi connectivity index (χ0v) is 11.2. The number of aromatic nitrogens is 1. The minimum absolute atomic E-state index is 0.156. The first-order valence-corrected chi connectivity index (χ1v) is 5.77. The zero-order chi connectivity index (χ0) is 12.8. The monoisotopic (exact) mass is 300 g/mol. The summed E-state index contributed by atoms with van der Waals surface area (Å²) in [7, 11) is 2.96. The van der Waals surface area contributed by atoms with Crippen LogP contribution in [0.25, 0.3) is 0 Å². The Hall–Kier alpha value is -1.43. The lowest BCUT2D eigenvalue weighted by Crippen LogP contribution is -2.29. The highest BCUT2D eigenvalue weighted by Gasteiger charge is 2.13. The van der Waals surface area contributed by atoms with Crippen LogP contribution >= 0.6 is 15.9 Å². The van der Waals surface area contributed by atoms with E-state index in [2.05, 4.69) is 25.7 Å². The number of halogens is 1. The maximum Gasteiger partial charge on any atom is 0.307 e. The molecule has 1 aromatic heterocycles. The van der Waals surface area contributed by atoms with Crippen LogP contribution in [0.4, 0.5) is 0 Å². The molecule has 0 saturated carbocycles. The Morgan fingerprint density at radius 3 is 2.82 bits per heavy atom. The van der Waals surface area contributed by atoms with Crippen LogP contribution in [0.5, 0.6) is 0 Å². The fraction of sp³-hybridized carbons (Fsp3) is 0.364. The van der Waals surface area contributed by atoms with Gasteiger partial charge in [-0.15, -0.1) is 0 Å². The maximum atomic E-state index is 11.9. The van der Waals surface area contributed by atoms with Crippen LogP contribution < -0.4 is 0 Å². The number of hydrogen-bond donors (Lipinski definition) is 0. The van der Waals surface area contributed by atoms with E-state index in [-0.39, 0.29) is 18.3 Å². The molecule has 0 bridgehead atoms. The Labute approximate surface area is 108 Å². The van der Waals surface area contributed by atoms with Crippen LogP contribution in [-0.4, -0.2) is 42.5 Å². The normalized spacial score (nSPS) is 9.82. The Balaban J connectivity index is 2.61. The van der Waals surface area contributed by atoms with Crippen molar-refractivity contribution in [1.29, 1.82) is 0 Å². The van der Waals surface area contributed by atoms with E-state index in [0.29, 0.717) is 16.7 Å². The van der Waals surface area contributed by atoms with Crippen molar-refractivity contribution in [3.8, 4) is 0 Å². The number of hydrogen-bond acceptors (Lipinski definition) is 4. The minimum atomic E-state index is -0.333. The van der Waals surface area contributed by atoms with Crippen LogP contribution in [0.1, 0.15) is 16.8 Å². The molecule has 0 aliphatic carbocycles. The third-order valence-corrected chi connectivity index (χ3v) is 2.63. The van der Waals surface area contributed by atoms with Gasteiger partial charge in [0.1, 0.15) is 4.60 Å². The quantitative estimate of drug-likeness (QED) is 0.624. The van der Waals surface area contributed by atoms with Gasteiger partial charge >= 0.3 is 5.97 Å². The van der Waals surface area contributed by atoms with Gasteiger partial charge in [-0.2, -0.15) is 0 Å². The van der Waals surface area contributed by atoms with Gasteiger partial charge in [0.05, 0.1) is 13.5 Å². The van der Waals surface area contributed by atoms with Gasteiger partial charge in [0, 0.05) is 25.4 Å². The van der Waals surface area contributed by atoms with Crippen LogP contribution in [0, 0.1) is 0 Å². The number of rotatable bonds is 4. The predicted molar refractivity (Wildman–Crippen MR) is 65.5 cm³/mol. The summed E-state index contributed by atoms with van der Waals surface area (Å²) in [6, 6.07) is 3.26. The van der Waals surface area contributed by atoms with E-state index in [1.807, 2.05) is 0 Å². The molecule has 0 saturated heterocycles. The Morgan fingerprint density at radius 1 is 1.53 bits per heavy atom. The summed E-state index contributed by atoms with van der Waals surface area (Å²) in [6.45, 7) is 0.325. The van der Waals surface area contributed by atoms with E-state index in [1.165, 1.54) is 12.0 Å². The highest BCUT2D eigenvalue weighted by atomic mass is 79.9. The second-order valence-corrected chi connectivity index (χ2v) is 4.23. The lowest BCUT2D eigenvalue weighted by Gasteiger charge is -2.16. The smallest absolute Gasteiger partial charge is 0.307 e. The highest BCUT2D eigenvalue weighted by Crippen LogP contribution is 2.10. The Morgan fingerprint density at radius 2 is 2.24 bits per heavy atom. The molecule has 6 heteroatoms. The molecule has 5 nitrogen and oxygen atoms in total. The first kappa shape index (κ1) is 13.6. The molecular formula is C11H13BrN2O3. The van der Waals surface area contributed by atoms with Gasteiger partial charge in [0.2, 0.25) is 0 Å². The zero-order valence-electron chi connectivity index (χ0n) is 9.64. The lowest BCUT2D eigenvalue weighted by molar-refractivity contribution is -0.140. The molecule has 17 heavy (non-hydrogen) atoms. The molecule has 0 aliphatic heterocycles. The number of carbonyl (C=O) groups is 2. The molecule has 0 spiro atoms. The lowest BCUT2D eigenvalue weighted by atomic mass is 10.2. The summed E-state index contributed by atoms with van der Waals surface area (Å²) < 4.78 is 5.11. The van der Waals surface area contributed by atoms with Gasteiger partial charge in [-0.3, -0.25) is 9.59 Å². The largest absolute Gasteiger partial charge is 0.469 e. The molecule has 0 aromatic carbocycles. The molecule has 0 N–H and O–H groups in total. The molecule has 92 valence electrons. The average molecular weight is 301 g/mol. The summed E-state index contributed by atoms with van der Waals surface area (Å²) in [6.07, 6.45) is 1.73. The maximum absolute atomic E-state index is 11.9. The molecule has 0 atom stereocenters. The fourth-order valence-electron chi connectivity index (χ4n) is 1.22. The third-order valence-electron chi connectivity index (χ3n) is 2.20. The van der Waals surface area contributed by atoms with Gasteiger partial charge < -0.3 is 9.64 Å². The van der Waals surface area contributed by atoms with Gasteiger partial charge in [-0.1, -0.05) is 0 Å². The van der Waals surface area contributed by atoms with Crippen molar-refractivity contribution < 1.29 is 14.3 Å². The van der Waals surface area contributed by atoms with Crippen molar-refractivity contribution in [1.82, 2.24) is 9.88 Å². The number of esters is 1. The summed E-state index contributed by atoms with van der Waals surface area (Å²) in [5.41, 5.74) is 0.527. The van der Waals surface area contributed by atoms with Gasteiger partial charge in [-0.25, -0.2) is 4.98 Å². The second-order valence-electron chi connectivity index (χ2n) is 3.42. The number of amides is 1. The van der Waals surface area contributed by atoms with Crippen LogP contribution in [-0.2, 0) is 9.53 Å². The first-order chi connectivity index (χ1) is 8.04. The van der Waals surface area contributed by atoms with Crippen molar-refractivity contribution in [3.05, 3.63) is 28.5 Å². The third kappa shape index (κ3) is 4.14. The van der Waals surface area contributed by atoms with E-state index in [0.717, 1.165) is 0 Å². The number of pyridine rings is 1. The van der Waals surface area contributed by atoms with E-state index < -0.39 is 0 Å². The van der Waals surface area contributed by atoms with Crippen molar-refractivity contribution in [2.45, 2.75) is 6.42 Å². The van der Waals surface area contributed by atoms with E-state index in [4.69, 9.17) is 0 Å². The first-order valence-electron chi connectivity index (χ1n) is 4.98. The molecule has 1 rings (SSSR count). The number of methoxy groups -OCH3 is 1. The molecule has 1 aromatic rings. The second kappa shape index (κ2) is 6.34. The van der Waals surface area contributed by atoms with Crippen molar-refractivity contribution in [3.63, 3.8) is 0 Å². The standard InChI is InChI=1S/C11H13BrN2O3/c1-14(6-4-10(15)17-2)11(16)8-3-5-13-9(12)7-8/h3,5,7H,4,6H2,1-2H3. The summed E-state index contributed by atoms with van der Waals surface area (Å²) in [5.74, 6) is -0.488.